The SMILES string of the molecule is [C-]#[N+]c1ccc(Br)cc1OCCOC. The van der Waals surface area contributed by atoms with E-state index in [1.807, 2.05) is 6.07 Å². The summed E-state index contributed by atoms with van der Waals surface area (Å²) in [6.45, 7) is 7.91. The van der Waals surface area contributed by atoms with Gasteiger partial charge in [-0.3, -0.25) is 0 Å². The quantitative estimate of drug-likeness (QED) is 0.610. The molecule has 4 heteroatoms. The van der Waals surface area contributed by atoms with Gasteiger partial charge in [0.05, 0.1) is 13.2 Å². The molecule has 0 aliphatic heterocycles. The maximum Gasteiger partial charge on any atom is 0.228 e. The second-order valence-electron chi connectivity index (χ2n) is 2.57. The highest BCUT2D eigenvalue weighted by atomic mass is 79.9. The summed E-state index contributed by atoms with van der Waals surface area (Å²) in [6, 6.07) is 5.32. The van der Waals surface area contributed by atoms with Crippen LogP contribution in [0.25, 0.3) is 4.85 Å². The minimum atomic E-state index is 0.454. The molecule has 14 heavy (non-hydrogen) atoms. The lowest BCUT2D eigenvalue weighted by Crippen LogP contribution is -2.04. The largest absolute Gasteiger partial charge is 0.502 e. The molecule has 1 aromatic carbocycles. The topological polar surface area (TPSA) is 22.8 Å². The Bertz CT molecular complexity index is 346. The highest BCUT2D eigenvalue weighted by Crippen LogP contribution is 2.30. The molecule has 0 fully saturated rings. The summed E-state index contributed by atoms with van der Waals surface area (Å²) in [5.41, 5.74) is 0.518. The van der Waals surface area contributed by atoms with E-state index < -0.39 is 0 Å². The highest BCUT2D eigenvalue weighted by molar-refractivity contribution is 9.10. The van der Waals surface area contributed by atoms with Crippen molar-refractivity contribution >= 4 is 21.6 Å². The highest BCUT2D eigenvalue weighted by Gasteiger charge is 2.03. The molecule has 0 saturated carbocycles. The van der Waals surface area contributed by atoms with Gasteiger partial charge in [-0.1, -0.05) is 28.1 Å². The van der Waals surface area contributed by atoms with Crippen LogP contribution in [0.4, 0.5) is 5.69 Å². The van der Waals surface area contributed by atoms with Gasteiger partial charge in [-0.15, -0.1) is 0 Å². The number of nitrogens with zero attached hydrogens (tertiary/aromatic N) is 1. The number of ether oxygens (including phenoxy) is 2. The predicted molar refractivity (Wildman–Crippen MR) is 57.8 cm³/mol. The van der Waals surface area contributed by atoms with E-state index in [1.54, 1.807) is 19.2 Å². The Morgan fingerprint density at radius 2 is 2.21 bits per heavy atom. The summed E-state index contributed by atoms with van der Waals surface area (Å²) in [5, 5.41) is 0. The Labute approximate surface area is 91.6 Å². The number of halogens is 1. The number of rotatable bonds is 4. The van der Waals surface area contributed by atoms with E-state index in [2.05, 4.69) is 20.8 Å². The number of hydrogen-bond donors (Lipinski definition) is 0. The van der Waals surface area contributed by atoms with E-state index in [0.717, 1.165) is 4.47 Å². The summed E-state index contributed by atoms with van der Waals surface area (Å²) in [5.74, 6) is 0.589. The standard InChI is InChI=1S/C10H10BrNO2/c1-12-9-4-3-8(11)7-10(9)14-6-5-13-2/h3-4,7H,5-6H2,2H3. The second-order valence-corrected chi connectivity index (χ2v) is 3.48. The molecular weight excluding hydrogens is 246 g/mol. The van der Waals surface area contributed by atoms with Crippen molar-refractivity contribution in [1.82, 2.24) is 0 Å². The van der Waals surface area contributed by atoms with Gasteiger partial charge in [0.25, 0.3) is 0 Å². The first-order valence-electron chi connectivity index (χ1n) is 4.06. The molecule has 0 aromatic heterocycles. The molecule has 3 nitrogen and oxygen atoms in total. The minimum absolute atomic E-state index is 0.454. The molecule has 0 heterocycles. The zero-order valence-corrected chi connectivity index (χ0v) is 9.37. The fraction of sp³-hybridized carbons (Fsp3) is 0.300. The van der Waals surface area contributed by atoms with Gasteiger partial charge < -0.3 is 9.47 Å². The van der Waals surface area contributed by atoms with Crippen molar-refractivity contribution < 1.29 is 9.47 Å². The molecule has 0 aliphatic carbocycles. The summed E-state index contributed by atoms with van der Waals surface area (Å²) < 4.78 is 11.1. The van der Waals surface area contributed by atoms with Crippen LogP contribution < -0.4 is 4.74 Å². The summed E-state index contributed by atoms with van der Waals surface area (Å²) in [7, 11) is 1.61. The normalized spacial score (nSPS) is 9.50. The van der Waals surface area contributed by atoms with Crippen molar-refractivity contribution in [1.29, 1.82) is 0 Å². The van der Waals surface area contributed by atoms with E-state index in [-0.39, 0.29) is 0 Å². The number of benzene rings is 1. The Morgan fingerprint density at radius 3 is 2.86 bits per heavy atom. The third-order valence-corrected chi connectivity index (χ3v) is 2.08. The third-order valence-electron chi connectivity index (χ3n) is 1.59. The summed E-state index contributed by atoms with van der Waals surface area (Å²) in [6.07, 6.45) is 0. The zero-order valence-electron chi connectivity index (χ0n) is 7.79. The number of hydrogen-bond acceptors (Lipinski definition) is 2. The monoisotopic (exact) mass is 255 g/mol. The molecule has 0 bridgehead atoms. The van der Waals surface area contributed by atoms with Crippen LogP contribution in [0.3, 0.4) is 0 Å². The first-order chi connectivity index (χ1) is 6.77. The van der Waals surface area contributed by atoms with Crippen LogP contribution in [0.5, 0.6) is 5.75 Å². The van der Waals surface area contributed by atoms with Gasteiger partial charge in [0.2, 0.25) is 5.69 Å². The Hall–Kier alpha value is -1.05. The van der Waals surface area contributed by atoms with Crippen LogP contribution in [0.2, 0.25) is 0 Å². The van der Waals surface area contributed by atoms with Gasteiger partial charge >= 0.3 is 0 Å². The second kappa shape index (κ2) is 5.63. The molecule has 74 valence electrons. The smallest absolute Gasteiger partial charge is 0.228 e. The summed E-state index contributed by atoms with van der Waals surface area (Å²) in [4.78, 5) is 3.35. The van der Waals surface area contributed by atoms with Crippen molar-refractivity contribution in [2.24, 2.45) is 0 Å². The van der Waals surface area contributed by atoms with Crippen molar-refractivity contribution in [3.63, 3.8) is 0 Å². The minimum Gasteiger partial charge on any atom is -0.502 e. The Balaban J connectivity index is 2.73. The molecule has 0 radical (unpaired) electrons. The summed E-state index contributed by atoms with van der Waals surface area (Å²) >= 11 is 3.32. The predicted octanol–water partition coefficient (Wildman–Crippen LogP) is 3.03. The lowest BCUT2D eigenvalue weighted by atomic mass is 10.3. The molecule has 1 rings (SSSR count). The first-order valence-corrected chi connectivity index (χ1v) is 4.86. The maximum absolute atomic E-state index is 6.93. The molecule has 0 N–H and O–H groups in total. The van der Waals surface area contributed by atoms with Gasteiger partial charge in [0, 0.05) is 11.6 Å². The van der Waals surface area contributed by atoms with Gasteiger partial charge in [0.15, 0.2) is 0 Å². The first kappa shape index (κ1) is 11.0. The van der Waals surface area contributed by atoms with Crippen LogP contribution in [-0.2, 0) is 4.74 Å². The fourth-order valence-electron chi connectivity index (χ4n) is 0.931. The van der Waals surface area contributed by atoms with E-state index >= 15 is 0 Å². The van der Waals surface area contributed by atoms with Crippen LogP contribution in [0.15, 0.2) is 22.7 Å². The molecule has 0 aliphatic rings. The molecule has 1 aromatic rings. The van der Waals surface area contributed by atoms with Crippen LogP contribution >= 0.6 is 15.9 Å². The van der Waals surface area contributed by atoms with E-state index in [9.17, 15) is 0 Å². The molecule has 0 amide bonds. The zero-order chi connectivity index (χ0) is 10.4. The van der Waals surface area contributed by atoms with Crippen LogP contribution in [0.1, 0.15) is 0 Å². The van der Waals surface area contributed by atoms with Gasteiger partial charge in [-0.25, -0.2) is 4.85 Å². The van der Waals surface area contributed by atoms with Crippen LogP contribution in [0, 0.1) is 6.57 Å². The Morgan fingerprint density at radius 1 is 1.43 bits per heavy atom. The van der Waals surface area contributed by atoms with Gasteiger partial charge in [-0.2, -0.15) is 0 Å². The molecule has 0 spiro atoms. The van der Waals surface area contributed by atoms with Crippen molar-refractivity contribution in [3.05, 3.63) is 34.1 Å². The maximum atomic E-state index is 6.93. The lowest BCUT2D eigenvalue weighted by molar-refractivity contribution is 0.147. The fourth-order valence-corrected chi connectivity index (χ4v) is 1.27. The van der Waals surface area contributed by atoms with Crippen molar-refractivity contribution in [2.75, 3.05) is 20.3 Å². The van der Waals surface area contributed by atoms with Crippen LogP contribution in [-0.4, -0.2) is 20.3 Å². The molecule has 0 unspecified atom stereocenters. The van der Waals surface area contributed by atoms with E-state index in [0.29, 0.717) is 24.7 Å². The Kier molecular flexibility index (Phi) is 4.44. The molecule has 0 saturated heterocycles. The lowest BCUT2D eigenvalue weighted by Gasteiger charge is -2.07. The van der Waals surface area contributed by atoms with Crippen molar-refractivity contribution in [3.8, 4) is 5.75 Å². The number of methoxy groups -OCH3 is 1. The van der Waals surface area contributed by atoms with Gasteiger partial charge in [-0.05, 0) is 6.07 Å². The third kappa shape index (κ3) is 3.02. The average Bonchev–Trinajstić information content (AvgIpc) is 2.19. The average molecular weight is 256 g/mol. The van der Waals surface area contributed by atoms with Gasteiger partial charge in [0.1, 0.15) is 12.4 Å². The van der Waals surface area contributed by atoms with E-state index in [4.69, 9.17) is 16.0 Å². The molecule has 0 atom stereocenters. The van der Waals surface area contributed by atoms with E-state index in [1.165, 1.54) is 0 Å². The molecular formula is C10H10BrNO2. The van der Waals surface area contributed by atoms with Crippen molar-refractivity contribution in [2.45, 2.75) is 0 Å².